The summed E-state index contributed by atoms with van der Waals surface area (Å²) in [7, 11) is 3.04. The Bertz CT molecular complexity index is 991. The third-order valence-electron chi connectivity index (χ3n) is 4.66. The summed E-state index contributed by atoms with van der Waals surface area (Å²) in [5, 5.41) is 1.05. The first-order valence-electron chi connectivity index (χ1n) is 8.70. The molecule has 2 aromatic heterocycles. The van der Waals surface area contributed by atoms with Crippen LogP contribution in [0.2, 0.25) is 0 Å². The summed E-state index contributed by atoms with van der Waals surface area (Å²) in [6.45, 7) is 0.457. The highest BCUT2D eigenvalue weighted by atomic mass is 16.7. The van der Waals surface area contributed by atoms with Crippen molar-refractivity contribution in [2.24, 2.45) is 0 Å². The van der Waals surface area contributed by atoms with E-state index in [9.17, 15) is 4.79 Å². The number of carbonyl (C=O) groups excluding carboxylic acids is 1. The van der Waals surface area contributed by atoms with Gasteiger partial charge in [0.2, 0.25) is 5.91 Å². The Kier molecular flexibility index (Phi) is 4.75. The highest BCUT2D eigenvalue weighted by molar-refractivity contribution is 5.96. The van der Waals surface area contributed by atoms with E-state index >= 15 is 0 Å². The second-order valence-corrected chi connectivity index (χ2v) is 6.32. The number of benzene rings is 1. The van der Waals surface area contributed by atoms with E-state index in [-0.39, 0.29) is 12.3 Å². The normalized spacial score (nSPS) is 15.1. The van der Waals surface area contributed by atoms with Crippen LogP contribution in [0.1, 0.15) is 23.4 Å². The number of ether oxygens (including phenoxy) is 2. The molecule has 6 nitrogen and oxygen atoms in total. The molecule has 3 aromatic rings. The highest BCUT2D eigenvalue weighted by Gasteiger charge is 2.32. The van der Waals surface area contributed by atoms with Gasteiger partial charge in [-0.3, -0.25) is 4.79 Å². The summed E-state index contributed by atoms with van der Waals surface area (Å²) < 4.78 is 15.8. The topological polar surface area (TPSA) is 64.8 Å². The third-order valence-corrected chi connectivity index (χ3v) is 4.66. The largest absolute Gasteiger partial charge is 0.465 e. The SMILES string of the molecule is COC(CC(=O)N1Cc2cc3ccccc3nc2/C1=C/c1ccco1)OC. The minimum absolute atomic E-state index is 0.0939. The lowest BCUT2D eigenvalue weighted by Crippen LogP contribution is -2.29. The molecule has 0 radical (unpaired) electrons. The molecule has 1 amide bonds. The minimum atomic E-state index is -0.585. The van der Waals surface area contributed by atoms with Gasteiger partial charge in [-0.1, -0.05) is 18.2 Å². The summed E-state index contributed by atoms with van der Waals surface area (Å²) >= 11 is 0. The van der Waals surface area contributed by atoms with Crippen molar-refractivity contribution in [3.8, 4) is 0 Å². The second kappa shape index (κ2) is 7.34. The van der Waals surface area contributed by atoms with E-state index in [4.69, 9.17) is 18.9 Å². The number of para-hydroxylation sites is 1. The molecule has 0 spiro atoms. The molecule has 138 valence electrons. The Morgan fingerprint density at radius 3 is 2.81 bits per heavy atom. The van der Waals surface area contributed by atoms with Crippen LogP contribution in [-0.2, 0) is 20.8 Å². The molecule has 0 bridgehead atoms. The highest BCUT2D eigenvalue weighted by Crippen LogP contribution is 2.35. The Hall–Kier alpha value is -2.96. The molecule has 0 fully saturated rings. The first kappa shape index (κ1) is 17.5. The number of hydrogen-bond acceptors (Lipinski definition) is 5. The zero-order chi connectivity index (χ0) is 18.8. The first-order chi connectivity index (χ1) is 13.2. The van der Waals surface area contributed by atoms with Crippen LogP contribution < -0.4 is 0 Å². The monoisotopic (exact) mass is 364 g/mol. The number of aromatic nitrogens is 1. The van der Waals surface area contributed by atoms with Crippen LogP contribution in [0.5, 0.6) is 0 Å². The minimum Gasteiger partial charge on any atom is -0.465 e. The predicted octanol–water partition coefficient (Wildman–Crippen LogP) is 3.68. The number of nitrogens with zero attached hydrogens (tertiary/aromatic N) is 2. The number of pyridine rings is 1. The number of rotatable bonds is 5. The zero-order valence-electron chi connectivity index (χ0n) is 15.2. The fourth-order valence-electron chi connectivity index (χ4n) is 3.28. The fourth-order valence-corrected chi connectivity index (χ4v) is 3.28. The van der Waals surface area contributed by atoms with Gasteiger partial charge in [-0.15, -0.1) is 0 Å². The number of methoxy groups -OCH3 is 2. The summed E-state index contributed by atoms with van der Waals surface area (Å²) in [5.74, 6) is 0.573. The van der Waals surface area contributed by atoms with Crippen molar-refractivity contribution in [1.29, 1.82) is 0 Å². The number of amides is 1. The molecule has 0 saturated heterocycles. The fraction of sp³-hybridized carbons (Fsp3) is 0.238. The first-order valence-corrected chi connectivity index (χ1v) is 8.70. The Morgan fingerprint density at radius 2 is 2.07 bits per heavy atom. The van der Waals surface area contributed by atoms with Crippen molar-refractivity contribution in [1.82, 2.24) is 9.88 Å². The Labute approximate surface area is 157 Å². The van der Waals surface area contributed by atoms with Crippen molar-refractivity contribution in [3.63, 3.8) is 0 Å². The quantitative estimate of drug-likeness (QED) is 0.646. The number of hydrogen-bond donors (Lipinski definition) is 0. The molecule has 0 aliphatic carbocycles. The smallest absolute Gasteiger partial charge is 0.232 e. The van der Waals surface area contributed by atoms with E-state index in [1.807, 2.05) is 42.5 Å². The molecule has 3 heterocycles. The van der Waals surface area contributed by atoms with Crippen LogP contribution in [0.4, 0.5) is 0 Å². The van der Waals surface area contributed by atoms with Gasteiger partial charge in [-0.2, -0.15) is 0 Å². The molecular weight excluding hydrogens is 344 g/mol. The van der Waals surface area contributed by atoms with E-state index in [2.05, 4.69) is 6.07 Å². The van der Waals surface area contributed by atoms with E-state index in [0.717, 1.165) is 27.9 Å². The predicted molar refractivity (Wildman–Crippen MR) is 101 cm³/mol. The van der Waals surface area contributed by atoms with Crippen molar-refractivity contribution in [3.05, 3.63) is 65.7 Å². The molecule has 0 atom stereocenters. The summed E-state index contributed by atoms with van der Waals surface area (Å²) in [5.41, 5.74) is 3.42. The molecule has 0 unspecified atom stereocenters. The number of furan rings is 1. The molecule has 6 heteroatoms. The van der Waals surface area contributed by atoms with E-state index in [0.29, 0.717) is 12.3 Å². The molecule has 1 aromatic carbocycles. The van der Waals surface area contributed by atoms with Crippen LogP contribution in [0.3, 0.4) is 0 Å². The summed E-state index contributed by atoms with van der Waals surface area (Å²) in [6, 6.07) is 13.7. The van der Waals surface area contributed by atoms with Crippen LogP contribution in [0, 0.1) is 0 Å². The lowest BCUT2D eigenvalue weighted by atomic mass is 10.1. The van der Waals surface area contributed by atoms with Crippen LogP contribution in [0.15, 0.2) is 53.1 Å². The molecule has 0 saturated carbocycles. The molecule has 0 N–H and O–H groups in total. The van der Waals surface area contributed by atoms with Gasteiger partial charge in [-0.05, 0) is 24.3 Å². The average Bonchev–Trinajstić information content (AvgIpc) is 3.33. The molecule has 4 rings (SSSR count). The van der Waals surface area contributed by atoms with Crippen LogP contribution >= 0.6 is 0 Å². The van der Waals surface area contributed by atoms with Crippen LogP contribution in [0.25, 0.3) is 22.7 Å². The third kappa shape index (κ3) is 3.37. The van der Waals surface area contributed by atoms with Gasteiger partial charge >= 0.3 is 0 Å². The molecule has 1 aliphatic heterocycles. The zero-order valence-corrected chi connectivity index (χ0v) is 15.2. The van der Waals surface area contributed by atoms with Crippen LogP contribution in [-0.4, -0.2) is 36.3 Å². The Balaban J connectivity index is 1.77. The van der Waals surface area contributed by atoms with Crippen molar-refractivity contribution < 1.29 is 18.7 Å². The number of fused-ring (bicyclic) bond motifs is 2. The lowest BCUT2D eigenvalue weighted by molar-refractivity contribution is -0.145. The Morgan fingerprint density at radius 1 is 1.26 bits per heavy atom. The molecule has 1 aliphatic rings. The van der Waals surface area contributed by atoms with Gasteiger partial charge in [0.1, 0.15) is 5.76 Å². The summed E-state index contributed by atoms with van der Waals surface area (Å²) in [4.78, 5) is 19.5. The van der Waals surface area contributed by atoms with E-state index < -0.39 is 6.29 Å². The maximum atomic E-state index is 12.9. The number of carbonyl (C=O) groups is 1. The average molecular weight is 364 g/mol. The van der Waals surface area contributed by atoms with Gasteiger partial charge < -0.3 is 18.8 Å². The summed E-state index contributed by atoms with van der Waals surface area (Å²) in [6.07, 6.45) is 2.99. The van der Waals surface area contributed by atoms with Gasteiger partial charge in [0.15, 0.2) is 6.29 Å². The van der Waals surface area contributed by atoms with Gasteiger partial charge in [-0.25, -0.2) is 4.98 Å². The second-order valence-electron chi connectivity index (χ2n) is 6.32. The maximum Gasteiger partial charge on any atom is 0.232 e. The lowest BCUT2D eigenvalue weighted by Gasteiger charge is -2.20. The van der Waals surface area contributed by atoms with Gasteiger partial charge in [0.05, 0.1) is 36.1 Å². The molecule has 27 heavy (non-hydrogen) atoms. The van der Waals surface area contributed by atoms with Crippen molar-refractivity contribution in [2.45, 2.75) is 19.3 Å². The van der Waals surface area contributed by atoms with E-state index in [1.54, 1.807) is 11.2 Å². The van der Waals surface area contributed by atoms with Gasteiger partial charge in [0, 0.05) is 31.2 Å². The maximum absolute atomic E-state index is 12.9. The van der Waals surface area contributed by atoms with Crippen molar-refractivity contribution >= 4 is 28.6 Å². The van der Waals surface area contributed by atoms with E-state index in [1.165, 1.54) is 14.2 Å². The standard InChI is InChI=1S/C21H20N2O4/c1-25-20(26-2)12-19(24)23-13-15-10-14-6-3-4-8-17(14)22-21(15)18(23)11-16-7-5-9-27-16/h3-11,20H,12-13H2,1-2H3/b18-11-. The van der Waals surface area contributed by atoms with Gasteiger partial charge in [0.25, 0.3) is 0 Å². The van der Waals surface area contributed by atoms with Crippen molar-refractivity contribution in [2.75, 3.05) is 14.2 Å². The molecular formula is C21H20N2O4.